The van der Waals surface area contributed by atoms with E-state index in [0.717, 1.165) is 0 Å². The Labute approximate surface area is 183 Å². The molecule has 4 rings (SSSR count). The lowest BCUT2D eigenvalue weighted by Crippen LogP contribution is -2.18. The average Bonchev–Trinajstić information content (AvgIpc) is 2.83. The summed E-state index contributed by atoms with van der Waals surface area (Å²) in [5.41, 5.74) is 0.987. The van der Waals surface area contributed by atoms with E-state index in [1.807, 2.05) is 18.2 Å². The number of hydrogen-bond acceptors (Lipinski definition) is 6. The van der Waals surface area contributed by atoms with Gasteiger partial charge in [-0.15, -0.1) is 10.2 Å². The van der Waals surface area contributed by atoms with Crippen molar-refractivity contribution < 1.29 is 14.7 Å². The molecule has 0 bridgehead atoms. The van der Waals surface area contributed by atoms with Crippen LogP contribution in [0, 0.1) is 0 Å². The van der Waals surface area contributed by atoms with Gasteiger partial charge in [0.05, 0.1) is 11.1 Å². The van der Waals surface area contributed by atoms with E-state index in [0.29, 0.717) is 16.5 Å². The molecule has 0 unspecified atom stereocenters. The maximum Gasteiger partial charge on any atom is 0.259 e. The summed E-state index contributed by atoms with van der Waals surface area (Å²) in [7, 11) is 1.50. The third-order valence-electron chi connectivity index (χ3n) is 4.77. The van der Waals surface area contributed by atoms with E-state index in [-0.39, 0.29) is 34.3 Å². The van der Waals surface area contributed by atoms with Crippen LogP contribution >= 0.6 is 0 Å². The number of amides is 2. The maximum atomic E-state index is 12.9. The van der Waals surface area contributed by atoms with Gasteiger partial charge in [0.2, 0.25) is 0 Å². The van der Waals surface area contributed by atoms with Crippen molar-refractivity contribution in [1.29, 1.82) is 0 Å². The van der Waals surface area contributed by atoms with Crippen LogP contribution in [0.5, 0.6) is 5.75 Å². The van der Waals surface area contributed by atoms with Crippen LogP contribution in [0.2, 0.25) is 0 Å². The largest absolute Gasteiger partial charge is 0.505 e. The zero-order valence-electron chi connectivity index (χ0n) is 17.1. The summed E-state index contributed by atoms with van der Waals surface area (Å²) >= 11 is 0. The Morgan fingerprint density at radius 2 is 1.62 bits per heavy atom. The number of benzene rings is 3. The monoisotopic (exact) mass is 425 g/mol. The molecule has 32 heavy (non-hydrogen) atoms. The summed E-state index contributed by atoms with van der Waals surface area (Å²) in [6.45, 7) is 0. The second-order valence-electron chi connectivity index (χ2n) is 6.82. The third kappa shape index (κ3) is 4.15. The summed E-state index contributed by atoms with van der Waals surface area (Å²) in [5, 5.41) is 25.8. The fourth-order valence-corrected chi connectivity index (χ4v) is 3.20. The van der Waals surface area contributed by atoms with Gasteiger partial charge in [-0.2, -0.15) is 0 Å². The van der Waals surface area contributed by atoms with Crippen molar-refractivity contribution in [2.75, 3.05) is 12.4 Å². The van der Waals surface area contributed by atoms with Crippen LogP contribution in [-0.2, 0) is 0 Å². The molecule has 0 spiro atoms. The Balaban J connectivity index is 1.80. The van der Waals surface area contributed by atoms with Gasteiger partial charge >= 0.3 is 0 Å². The maximum absolute atomic E-state index is 12.9. The van der Waals surface area contributed by atoms with Gasteiger partial charge in [-0.25, -0.2) is 4.98 Å². The second kappa shape index (κ2) is 9.05. The van der Waals surface area contributed by atoms with E-state index in [2.05, 4.69) is 25.8 Å². The number of rotatable bonds is 5. The van der Waals surface area contributed by atoms with Crippen molar-refractivity contribution in [2.45, 2.75) is 0 Å². The molecule has 2 amide bonds. The highest BCUT2D eigenvalue weighted by Crippen LogP contribution is 2.39. The molecule has 0 saturated heterocycles. The molecule has 0 fully saturated rings. The second-order valence-corrected chi connectivity index (χ2v) is 6.82. The summed E-state index contributed by atoms with van der Waals surface area (Å²) < 4.78 is 0. The number of aromatic hydroxyl groups is 1. The van der Waals surface area contributed by atoms with Gasteiger partial charge in [0.15, 0.2) is 11.6 Å². The SMILES string of the molecule is CNC(=O)c1cccnc1/N=N/c1c(O)c(C(=O)Nc2ccccc2)cc2ccccc12. The van der Waals surface area contributed by atoms with Gasteiger partial charge in [0.25, 0.3) is 11.8 Å². The first kappa shape index (κ1) is 20.7. The van der Waals surface area contributed by atoms with Crippen molar-refractivity contribution in [1.82, 2.24) is 10.3 Å². The van der Waals surface area contributed by atoms with E-state index in [9.17, 15) is 14.7 Å². The summed E-state index contributed by atoms with van der Waals surface area (Å²) in [5.74, 6) is -1.08. The molecule has 4 aromatic rings. The number of azo groups is 1. The number of phenols is 1. The topological polar surface area (TPSA) is 116 Å². The number of nitrogens with zero attached hydrogens (tertiary/aromatic N) is 3. The van der Waals surface area contributed by atoms with Crippen molar-refractivity contribution in [3.63, 3.8) is 0 Å². The predicted molar refractivity (Wildman–Crippen MR) is 122 cm³/mol. The highest BCUT2D eigenvalue weighted by Gasteiger charge is 2.19. The molecular weight excluding hydrogens is 406 g/mol. The molecule has 0 aliphatic carbocycles. The van der Waals surface area contributed by atoms with Gasteiger partial charge < -0.3 is 15.7 Å². The number of aromatic nitrogens is 1. The highest BCUT2D eigenvalue weighted by atomic mass is 16.3. The molecule has 8 heteroatoms. The number of para-hydroxylation sites is 1. The van der Waals surface area contributed by atoms with E-state index < -0.39 is 5.91 Å². The number of nitrogens with one attached hydrogen (secondary N) is 2. The van der Waals surface area contributed by atoms with Crippen LogP contribution < -0.4 is 10.6 Å². The summed E-state index contributed by atoms with van der Waals surface area (Å²) in [6, 6.07) is 20.9. The minimum atomic E-state index is -0.486. The molecule has 0 radical (unpaired) electrons. The molecule has 3 aromatic carbocycles. The molecule has 1 heterocycles. The van der Waals surface area contributed by atoms with E-state index in [4.69, 9.17) is 0 Å². The molecule has 3 N–H and O–H groups in total. The van der Waals surface area contributed by atoms with Crippen LogP contribution in [0.25, 0.3) is 10.8 Å². The van der Waals surface area contributed by atoms with Gasteiger partial charge in [-0.3, -0.25) is 9.59 Å². The number of carbonyl (C=O) groups excluding carboxylic acids is 2. The minimum absolute atomic E-state index is 0.0500. The van der Waals surface area contributed by atoms with Gasteiger partial charge in [0.1, 0.15) is 5.69 Å². The van der Waals surface area contributed by atoms with Crippen LogP contribution in [0.15, 0.2) is 89.2 Å². The fourth-order valence-electron chi connectivity index (χ4n) is 3.20. The number of carbonyl (C=O) groups is 2. The predicted octanol–water partition coefficient (Wildman–Crippen LogP) is 4.97. The van der Waals surface area contributed by atoms with Crippen molar-refractivity contribution in [3.05, 3.63) is 90.1 Å². The van der Waals surface area contributed by atoms with Gasteiger partial charge in [-0.05, 0) is 35.7 Å². The van der Waals surface area contributed by atoms with Gasteiger partial charge in [0, 0.05) is 24.3 Å². The molecule has 0 aliphatic heterocycles. The van der Waals surface area contributed by atoms with Crippen molar-refractivity contribution in [2.24, 2.45) is 10.2 Å². The molecule has 8 nitrogen and oxygen atoms in total. The Kier molecular flexibility index (Phi) is 5.85. The number of hydrogen-bond donors (Lipinski definition) is 3. The summed E-state index contributed by atoms with van der Waals surface area (Å²) in [4.78, 5) is 29.1. The molecule has 158 valence electrons. The molecule has 0 atom stereocenters. The zero-order chi connectivity index (χ0) is 22.5. The van der Waals surface area contributed by atoms with E-state index in [1.54, 1.807) is 54.6 Å². The first-order valence-corrected chi connectivity index (χ1v) is 9.78. The first-order valence-electron chi connectivity index (χ1n) is 9.78. The van der Waals surface area contributed by atoms with Crippen LogP contribution in [0.1, 0.15) is 20.7 Å². The number of phenolic OH excluding ortho intramolecular Hbond substituents is 1. The highest BCUT2D eigenvalue weighted by molar-refractivity contribution is 6.11. The van der Waals surface area contributed by atoms with Gasteiger partial charge in [-0.1, -0.05) is 42.5 Å². The Hall–Kier alpha value is -4.59. The van der Waals surface area contributed by atoms with E-state index >= 15 is 0 Å². The number of fused-ring (bicyclic) bond motifs is 1. The van der Waals surface area contributed by atoms with Crippen LogP contribution in [0.3, 0.4) is 0 Å². The lowest BCUT2D eigenvalue weighted by Gasteiger charge is -2.11. The average molecular weight is 425 g/mol. The van der Waals surface area contributed by atoms with E-state index in [1.165, 1.54) is 13.2 Å². The summed E-state index contributed by atoms with van der Waals surface area (Å²) in [6.07, 6.45) is 1.49. The van der Waals surface area contributed by atoms with Crippen molar-refractivity contribution >= 4 is 39.8 Å². The molecule has 0 aliphatic rings. The Morgan fingerprint density at radius 3 is 2.41 bits per heavy atom. The Bertz CT molecular complexity index is 1340. The molecular formula is C24H19N5O3. The van der Waals surface area contributed by atoms with Crippen LogP contribution in [0.4, 0.5) is 17.2 Å². The molecule has 1 aromatic heterocycles. The molecule has 0 saturated carbocycles. The lowest BCUT2D eigenvalue weighted by atomic mass is 10.0. The van der Waals surface area contributed by atoms with Crippen molar-refractivity contribution in [3.8, 4) is 5.75 Å². The first-order chi connectivity index (χ1) is 15.6. The minimum Gasteiger partial charge on any atom is -0.505 e. The lowest BCUT2D eigenvalue weighted by molar-refractivity contribution is 0.0962. The Morgan fingerprint density at radius 1 is 0.875 bits per heavy atom. The number of pyridine rings is 1. The number of anilines is 1. The normalized spacial score (nSPS) is 10.9. The standard InChI is InChI=1S/C24H19N5O3/c1-25-23(31)18-12-7-13-26-22(18)29-28-20-17-11-6-5-8-15(17)14-19(21(20)30)24(32)27-16-9-3-2-4-10-16/h2-14,30H,1H3,(H,25,31)(H,27,32)/b29-28+. The zero-order valence-corrected chi connectivity index (χ0v) is 17.1. The van der Waals surface area contributed by atoms with Crippen LogP contribution in [-0.4, -0.2) is 29.0 Å². The fraction of sp³-hybridized carbons (Fsp3) is 0.0417. The smallest absolute Gasteiger partial charge is 0.259 e. The third-order valence-corrected chi connectivity index (χ3v) is 4.77. The quantitative estimate of drug-likeness (QED) is 0.392.